The van der Waals surface area contributed by atoms with Gasteiger partial charge in [-0.25, -0.2) is 4.79 Å². The fourth-order valence-corrected chi connectivity index (χ4v) is 4.67. The molecule has 0 saturated heterocycles. The summed E-state index contributed by atoms with van der Waals surface area (Å²) in [6, 6.07) is 3.06. The Kier molecular flexibility index (Phi) is 14.6. The molecule has 15 N–H and O–H groups in total. The van der Waals surface area contributed by atoms with Crippen molar-refractivity contribution in [2.45, 2.75) is 76.5 Å². The molecule has 2 rings (SSSR count). The number of carboxylic acid groups (broad SMARTS) is 1. The quantitative estimate of drug-likeness (QED) is 0.0499. The highest BCUT2D eigenvalue weighted by molar-refractivity contribution is 5.94. The van der Waals surface area contributed by atoms with E-state index in [9.17, 15) is 24.3 Å². The average molecular weight is 630 g/mol. The molecule has 2 aromatic rings. The van der Waals surface area contributed by atoms with E-state index < -0.39 is 47.9 Å². The van der Waals surface area contributed by atoms with E-state index in [1.165, 1.54) is 0 Å². The van der Waals surface area contributed by atoms with Gasteiger partial charge in [-0.1, -0.05) is 32.0 Å². The molecule has 4 unspecified atom stereocenters. The minimum atomic E-state index is -1.28. The lowest BCUT2D eigenvalue weighted by atomic mass is 10.0. The summed E-state index contributed by atoms with van der Waals surface area (Å²) in [5.41, 5.74) is 29.0. The molecule has 0 radical (unpaired) electrons. The number of hydrogen-bond donors (Lipinski definition) is 10. The van der Waals surface area contributed by atoms with Gasteiger partial charge in [0.1, 0.15) is 18.1 Å². The molecule has 16 heteroatoms. The number of carbonyl (C=O) groups is 4. The molecule has 16 nitrogen and oxygen atoms in total. The highest BCUT2D eigenvalue weighted by atomic mass is 16.4. The fraction of sp³-hybridized carbons (Fsp3) is 0.517. The first kappa shape index (κ1) is 36.3. The van der Waals surface area contributed by atoms with Crippen LogP contribution in [0.25, 0.3) is 10.9 Å². The first-order valence-electron chi connectivity index (χ1n) is 14.8. The van der Waals surface area contributed by atoms with Gasteiger partial charge in [-0.2, -0.15) is 0 Å². The second-order valence-corrected chi connectivity index (χ2v) is 11.2. The van der Waals surface area contributed by atoms with Crippen LogP contribution in [-0.2, 0) is 25.6 Å². The number of carbonyl (C=O) groups excluding carboxylic acids is 3. The number of nitrogens with zero attached hydrogens (tertiary/aromatic N) is 2. The lowest BCUT2D eigenvalue weighted by molar-refractivity contribution is -0.142. The van der Waals surface area contributed by atoms with Crippen molar-refractivity contribution in [1.29, 1.82) is 0 Å². The first-order chi connectivity index (χ1) is 21.3. The standard InChI is InChI=1S/C29H47N11O5/c1-16(2)13-22(39-24(41)19(30)8-5-11-35-28(31)32)26(43)38-21(10-6-12-36-29(33)34)25(42)40-23(27(44)45)14-17-15-37-20-9-4-3-7-18(17)20/h3-4,7,9,15-16,19,21-23,37H,5-6,8,10-14,30H2,1-2H3,(H,38,43)(H,39,41)(H,40,42)(H,44,45)(H4,31,32,35)(H4,33,34,36). The Balaban J connectivity index is 2.18. The highest BCUT2D eigenvalue weighted by Gasteiger charge is 2.31. The molecule has 1 aromatic carbocycles. The van der Waals surface area contributed by atoms with Gasteiger partial charge in [-0.15, -0.1) is 0 Å². The van der Waals surface area contributed by atoms with Gasteiger partial charge in [-0.05, 0) is 49.7 Å². The third-order valence-electron chi connectivity index (χ3n) is 6.94. The van der Waals surface area contributed by atoms with Crippen LogP contribution in [0.4, 0.5) is 0 Å². The monoisotopic (exact) mass is 629 g/mol. The smallest absolute Gasteiger partial charge is 0.326 e. The average Bonchev–Trinajstić information content (AvgIpc) is 3.37. The third-order valence-corrected chi connectivity index (χ3v) is 6.94. The summed E-state index contributed by atoms with van der Waals surface area (Å²) in [5.74, 6) is -3.29. The second kappa shape index (κ2) is 18.1. The van der Waals surface area contributed by atoms with Gasteiger partial charge < -0.3 is 54.7 Å². The van der Waals surface area contributed by atoms with Crippen molar-refractivity contribution in [3.05, 3.63) is 36.0 Å². The van der Waals surface area contributed by atoms with Crippen LogP contribution >= 0.6 is 0 Å². The number of aliphatic carboxylic acids is 1. The van der Waals surface area contributed by atoms with Crippen LogP contribution in [-0.4, -0.2) is 83.0 Å². The number of benzene rings is 1. The summed E-state index contributed by atoms with van der Waals surface area (Å²) in [4.78, 5) is 62.8. The predicted molar refractivity (Wildman–Crippen MR) is 173 cm³/mol. The van der Waals surface area contributed by atoms with Gasteiger partial charge in [0.25, 0.3) is 0 Å². The Hall–Kier alpha value is -4.86. The number of aromatic nitrogens is 1. The van der Waals surface area contributed by atoms with Crippen LogP contribution < -0.4 is 44.6 Å². The summed E-state index contributed by atoms with van der Waals surface area (Å²) >= 11 is 0. The normalized spacial score (nSPS) is 13.7. The molecule has 3 amide bonds. The molecule has 248 valence electrons. The van der Waals surface area contributed by atoms with Gasteiger partial charge in [0.15, 0.2) is 11.9 Å². The Bertz CT molecular complexity index is 1350. The minimum Gasteiger partial charge on any atom is -0.480 e. The number of para-hydroxylation sites is 1. The van der Waals surface area contributed by atoms with E-state index in [2.05, 4.69) is 30.9 Å². The molecule has 45 heavy (non-hydrogen) atoms. The minimum absolute atomic E-state index is 0.000786. The summed E-state index contributed by atoms with van der Waals surface area (Å²) < 4.78 is 0. The number of amides is 3. The van der Waals surface area contributed by atoms with E-state index in [1.807, 2.05) is 38.1 Å². The Labute approximate surface area is 262 Å². The molecule has 0 aliphatic carbocycles. The van der Waals surface area contributed by atoms with Crippen LogP contribution in [0.2, 0.25) is 0 Å². The molecule has 1 aromatic heterocycles. The van der Waals surface area contributed by atoms with Crippen LogP contribution in [0.5, 0.6) is 0 Å². The lowest BCUT2D eigenvalue weighted by Gasteiger charge is -2.26. The largest absolute Gasteiger partial charge is 0.480 e. The van der Waals surface area contributed by atoms with E-state index in [0.717, 1.165) is 10.9 Å². The van der Waals surface area contributed by atoms with Gasteiger partial charge in [-0.3, -0.25) is 24.4 Å². The molecule has 1 heterocycles. The lowest BCUT2D eigenvalue weighted by Crippen LogP contribution is -2.57. The van der Waals surface area contributed by atoms with Crippen molar-refractivity contribution in [2.24, 2.45) is 44.6 Å². The zero-order chi connectivity index (χ0) is 33.5. The number of nitrogens with two attached hydrogens (primary N) is 5. The maximum absolute atomic E-state index is 13.5. The molecule has 0 aliphatic rings. The van der Waals surface area contributed by atoms with E-state index in [-0.39, 0.29) is 50.1 Å². The van der Waals surface area contributed by atoms with Gasteiger partial charge in [0.2, 0.25) is 17.7 Å². The van der Waals surface area contributed by atoms with Crippen LogP contribution in [0.3, 0.4) is 0 Å². The van der Waals surface area contributed by atoms with Crippen molar-refractivity contribution >= 4 is 46.5 Å². The van der Waals surface area contributed by atoms with Crippen LogP contribution in [0, 0.1) is 5.92 Å². The number of carboxylic acids is 1. The van der Waals surface area contributed by atoms with Gasteiger partial charge >= 0.3 is 5.97 Å². The molecule has 0 saturated carbocycles. The van der Waals surface area contributed by atoms with Gasteiger partial charge in [0, 0.05) is 36.6 Å². The van der Waals surface area contributed by atoms with Crippen molar-refractivity contribution in [3.63, 3.8) is 0 Å². The Morgan fingerprint density at radius 3 is 1.98 bits per heavy atom. The SMILES string of the molecule is CC(C)CC(NC(=O)C(N)CCCN=C(N)N)C(=O)NC(CCCN=C(N)N)C(=O)NC(Cc1c[nH]c2ccccc12)C(=O)O. The zero-order valence-corrected chi connectivity index (χ0v) is 25.8. The predicted octanol–water partition coefficient (Wildman–Crippen LogP) is -1.27. The fourth-order valence-electron chi connectivity index (χ4n) is 4.67. The Morgan fingerprint density at radius 2 is 1.38 bits per heavy atom. The summed E-state index contributed by atoms with van der Waals surface area (Å²) in [5, 5.41) is 18.7. The molecule has 0 bridgehead atoms. The van der Waals surface area contributed by atoms with E-state index in [4.69, 9.17) is 28.7 Å². The number of fused-ring (bicyclic) bond motifs is 1. The summed E-state index contributed by atoms with van der Waals surface area (Å²) in [6.07, 6.45) is 3.10. The second-order valence-electron chi connectivity index (χ2n) is 11.2. The maximum atomic E-state index is 13.5. The molecule has 0 spiro atoms. The van der Waals surface area contributed by atoms with E-state index in [1.54, 1.807) is 6.20 Å². The number of rotatable bonds is 19. The van der Waals surface area contributed by atoms with Crippen LogP contribution in [0.15, 0.2) is 40.4 Å². The molecule has 4 atom stereocenters. The number of hydrogen-bond acceptors (Lipinski definition) is 7. The number of guanidine groups is 2. The first-order valence-corrected chi connectivity index (χ1v) is 14.8. The highest BCUT2D eigenvalue weighted by Crippen LogP contribution is 2.19. The zero-order valence-electron chi connectivity index (χ0n) is 25.8. The van der Waals surface area contributed by atoms with E-state index in [0.29, 0.717) is 24.9 Å². The molecular weight excluding hydrogens is 582 g/mol. The maximum Gasteiger partial charge on any atom is 0.326 e. The summed E-state index contributed by atoms with van der Waals surface area (Å²) in [6.45, 7) is 4.24. The number of H-pyrrole nitrogens is 1. The Morgan fingerprint density at radius 1 is 0.822 bits per heavy atom. The van der Waals surface area contributed by atoms with Gasteiger partial charge in [0.05, 0.1) is 6.04 Å². The third kappa shape index (κ3) is 12.7. The van der Waals surface area contributed by atoms with Crippen LogP contribution in [0.1, 0.15) is 51.5 Å². The van der Waals surface area contributed by atoms with Crippen molar-refractivity contribution in [3.8, 4) is 0 Å². The topological polar surface area (TPSA) is 295 Å². The van der Waals surface area contributed by atoms with E-state index >= 15 is 0 Å². The van der Waals surface area contributed by atoms with Crippen molar-refractivity contribution < 1.29 is 24.3 Å². The number of aromatic amines is 1. The molecule has 0 aliphatic heterocycles. The molecular formula is C29H47N11O5. The molecule has 0 fully saturated rings. The van der Waals surface area contributed by atoms with Crippen molar-refractivity contribution in [2.75, 3.05) is 13.1 Å². The summed E-state index contributed by atoms with van der Waals surface area (Å²) in [7, 11) is 0. The number of aliphatic imine (C=N–C) groups is 2. The number of nitrogens with one attached hydrogen (secondary N) is 4. The van der Waals surface area contributed by atoms with Crippen molar-refractivity contribution in [1.82, 2.24) is 20.9 Å².